The molecule has 1 heterocycles. The molecule has 19 heavy (non-hydrogen) atoms. The molecule has 4 nitrogen and oxygen atoms in total. The lowest BCUT2D eigenvalue weighted by Crippen LogP contribution is -2.44. The molecule has 0 bridgehead atoms. The topological polar surface area (TPSA) is 54.5 Å². The van der Waals surface area contributed by atoms with Gasteiger partial charge >= 0.3 is 0 Å². The fourth-order valence-corrected chi connectivity index (χ4v) is 5.08. The zero-order valence-electron chi connectivity index (χ0n) is 11.4. The number of amides is 1. The summed E-state index contributed by atoms with van der Waals surface area (Å²) < 4.78 is 23.6. The molecule has 6 heteroatoms. The second-order valence-corrected chi connectivity index (χ2v) is 8.26. The van der Waals surface area contributed by atoms with E-state index in [4.69, 9.17) is 0 Å². The molecule has 2 atom stereocenters. The minimum atomic E-state index is -3.10. The van der Waals surface area contributed by atoms with Crippen molar-refractivity contribution in [2.24, 2.45) is 0 Å². The molecule has 0 N–H and O–H groups in total. The quantitative estimate of drug-likeness (QED) is 0.859. The Morgan fingerprint density at radius 1 is 1.37 bits per heavy atom. The van der Waals surface area contributed by atoms with E-state index in [1.54, 1.807) is 11.9 Å². The second kappa shape index (κ2) is 5.25. The molecule has 1 fully saturated rings. The maximum absolute atomic E-state index is 12.4. The van der Waals surface area contributed by atoms with Crippen molar-refractivity contribution in [1.82, 2.24) is 4.90 Å². The molecule has 1 amide bonds. The summed E-state index contributed by atoms with van der Waals surface area (Å²) >= 11 is 1.50. The smallest absolute Gasteiger partial charge is 0.254 e. The molecule has 106 valence electrons. The zero-order valence-corrected chi connectivity index (χ0v) is 13.1. The van der Waals surface area contributed by atoms with Crippen LogP contribution in [0.5, 0.6) is 0 Å². The Labute approximate surface area is 118 Å². The maximum atomic E-state index is 12.4. The molecule has 1 aliphatic rings. The number of sulfone groups is 1. The van der Waals surface area contributed by atoms with Gasteiger partial charge in [-0.25, -0.2) is 8.42 Å². The van der Waals surface area contributed by atoms with E-state index in [-0.39, 0.29) is 11.9 Å². The standard InChI is InChI=1S/C13H19NO3S2/c1-9-7-18-8-10(9)13(15)14(2)11-5-4-6-12(11)19(3,16)17/h7-8,11-12H,4-6H2,1-3H3/t11-,12+/m1/s1. The third kappa shape index (κ3) is 2.84. The third-order valence-electron chi connectivity index (χ3n) is 3.87. The molecule has 1 aromatic heterocycles. The number of carbonyl (C=O) groups is 1. The van der Waals surface area contributed by atoms with Gasteiger partial charge in [-0.05, 0) is 37.1 Å². The Hall–Kier alpha value is -0.880. The van der Waals surface area contributed by atoms with Crippen LogP contribution in [0.15, 0.2) is 10.8 Å². The minimum Gasteiger partial charge on any atom is -0.337 e. The van der Waals surface area contributed by atoms with Crippen LogP contribution in [0.25, 0.3) is 0 Å². The van der Waals surface area contributed by atoms with Crippen molar-refractivity contribution in [2.45, 2.75) is 37.5 Å². The van der Waals surface area contributed by atoms with Crippen molar-refractivity contribution in [2.75, 3.05) is 13.3 Å². The van der Waals surface area contributed by atoms with Gasteiger partial charge in [-0.3, -0.25) is 4.79 Å². The first kappa shape index (κ1) is 14.5. The Kier molecular flexibility index (Phi) is 4.01. The van der Waals surface area contributed by atoms with Gasteiger partial charge < -0.3 is 4.90 Å². The van der Waals surface area contributed by atoms with Gasteiger partial charge in [0.05, 0.1) is 10.8 Å². The second-order valence-electron chi connectivity index (χ2n) is 5.25. The van der Waals surface area contributed by atoms with Crippen LogP contribution in [-0.2, 0) is 9.84 Å². The first-order chi connectivity index (χ1) is 8.82. The minimum absolute atomic E-state index is 0.0701. The Morgan fingerprint density at radius 3 is 2.58 bits per heavy atom. The van der Waals surface area contributed by atoms with E-state index in [9.17, 15) is 13.2 Å². The lowest BCUT2D eigenvalue weighted by Gasteiger charge is -2.28. The average molecular weight is 301 g/mol. The van der Waals surface area contributed by atoms with Crippen molar-refractivity contribution < 1.29 is 13.2 Å². The first-order valence-corrected chi connectivity index (χ1v) is 9.21. The van der Waals surface area contributed by atoms with Crippen LogP contribution in [0.3, 0.4) is 0 Å². The molecule has 1 saturated carbocycles. The molecule has 0 unspecified atom stereocenters. The number of carbonyl (C=O) groups excluding carboxylic acids is 1. The number of thiophene rings is 1. The highest BCUT2D eigenvalue weighted by molar-refractivity contribution is 7.91. The molecule has 2 rings (SSSR count). The average Bonchev–Trinajstić information content (AvgIpc) is 2.94. The summed E-state index contributed by atoms with van der Waals surface area (Å²) in [6.45, 7) is 1.90. The van der Waals surface area contributed by atoms with E-state index < -0.39 is 15.1 Å². The van der Waals surface area contributed by atoms with Crippen molar-refractivity contribution in [3.8, 4) is 0 Å². The largest absolute Gasteiger partial charge is 0.337 e. The zero-order chi connectivity index (χ0) is 14.2. The molecular formula is C13H19NO3S2. The molecule has 0 saturated heterocycles. The fraction of sp³-hybridized carbons (Fsp3) is 0.615. The maximum Gasteiger partial charge on any atom is 0.254 e. The molecule has 1 aromatic rings. The SMILES string of the molecule is Cc1cscc1C(=O)N(C)[C@@H]1CCC[C@@H]1S(C)(=O)=O. The fourth-order valence-electron chi connectivity index (χ4n) is 2.77. The Morgan fingerprint density at radius 2 is 2.05 bits per heavy atom. The third-order valence-corrected chi connectivity index (χ3v) is 6.38. The molecule has 1 aliphatic carbocycles. The van der Waals surface area contributed by atoms with E-state index in [0.717, 1.165) is 18.4 Å². The summed E-state index contributed by atoms with van der Waals surface area (Å²) in [4.78, 5) is 14.0. The molecule has 0 aromatic carbocycles. The summed E-state index contributed by atoms with van der Waals surface area (Å²) in [6, 6.07) is -0.193. The van der Waals surface area contributed by atoms with E-state index in [1.807, 2.05) is 17.7 Å². The van der Waals surface area contributed by atoms with Gasteiger partial charge in [-0.15, -0.1) is 0 Å². The van der Waals surface area contributed by atoms with Crippen molar-refractivity contribution in [1.29, 1.82) is 0 Å². The van der Waals surface area contributed by atoms with Gasteiger partial charge in [-0.2, -0.15) is 11.3 Å². The normalized spacial score (nSPS) is 23.5. The monoisotopic (exact) mass is 301 g/mol. The predicted octanol–water partition coefficient (Wildman–Crippen LogP) is 2.09. The van der Waals surface area contributed by atoms with Gasteiger partial charge in [0.25, 0.3) is 5.91 Å². The molecule has 0 aliphatic heterocycles. The summed E-state index contributed by atoms with van der Waals surface area (Å²) in [7, 11) is -1.38. The van der Waals surface area contributed by atoms with Crippen LogP contribution in [-0.4, -0.2) is 43.8 Å². The Balaban J connectivity index is 2.22. The van der Waals surface area contributed by atoms with E-state index in [0.29, 0.717) is 12.0 Å². The number of nitrogens with zero attached hydrogens (tertiary/aromatic N) is 1. The summed E-state index contributed by atoms with van der Waals surface area (Å²) in [5.41, 5.74) is 1.64. The molecule has 0 spiro atoms. The van der Waals surface area contributed by atoms with Gasteiger partial charge in [0, 0.05) is 24.7 Å². The van der Waals surface area contributed by atoms with Gasteiger partial charge in [0.15, 0.2) is 9.84 Å². The number of rotatable bonds is 3. The molecule has 0 radical (unpaired) electrons. The summed E-state index contributed by atoms with van der Waals surface area (Å²) in [5, 5.41) is 3.35. The summed E-state index contributed by atoms with van der Waals surface area (Å²) in [5.74, 6) is -0.0701. The summed E-state index contributed by atoms with van der Waals surface area (Å²) in [6.07, 6.45) is 3.56. The number of aryl methyl sites for hydroxylation is 1. The van der Waals surface area contributed by atoms with Crippen LogP contribution in [0.4, 0.5) is 0 Å². The molecular weight excluding hydrogens is 282 g/mol. The Bertz CT molecular complexity index is 576. The number of hydrogen-bond donors (Lipinski definition) is 0. The van der Waals surface area contributed by atoms with Crippen molar-refractivity contribution >= 4 is 27.1 Å². The lowest BCUT2D eigenvalue weighted by atomic mass is 10.1. The van der Waals surface area contributed by atoms with Crippen LogP contribution >= 0.6 is 11.3 Å². The van der Waals surface area contributed by atoms with Gasteiger partial charge in [0.1, 0.15) is 0 Å². The number of hydrogen-bond acceptors (Lipinski definition) is 4. The van der Waals surface area contributed by atoms with Gasteiger partial charge in [0.2, 0.25) is 0 Å². The van der Waals surface area contributed by atoms with Crippen LogP contribution in [0.2, 0.25) is 0 Å². The van der Waals surface area contributed by atoms with E-state index in [1.165, 1.54) is 17.6 Å². The van der Waals surface area contributed by atoms with E-state index >= 15 is 0 Å². The first-order valence-electron chi connectivity index (χ1n) is 6.31. The lowest BCUT2D eigenvalue weighted by molar-refractivity contribution is 0.0737. The highest BCUT2D eigenvalue weighted by Gasteiger charge is 2.39. The highest BCUT2D eigenvalue weighted by Crippen LogP contribution is 2.30. The van der Waals surface area contributed by atoms with Gasteiger partial charge in [-0.1, -0.05) is 0 Å². The van der Waals surface area contributed by atoms with Crippen molar-refractivity contribution in [3.63, 3.8) is 0 Å². The predicted molar refractivity (Wildman–Crippen MR) is 77.4 cm³/mol. The van der Waals surface area contributed by atoms with Crippen LogP contribution in [0.1, 0.15) is 35.2 Å². The van der Waals surface area contributed by atoms with E-state index in [2.05, 4.69) is 0 Å². The highest BCUT2D eigenvalue weighted by atomic mass is 32.2. The van der Waals surface area contributed by atoms with Crippen molar-refractivity contribution in [3.05, 3.63) is 21.9 Å². The van der Waals surface area contributed by atoms with Crippen LogP contribution < -0.4 is 0 Å². The van der Waals surface area contributed by atoms with Crippen LogP contribution in [0, 0.1) is 6.92 Å².